The van der Waals surface area contributed by atoms with E-state index in [1.54, 1.807) is 6.92 Å². The SMILES string of the molecule is CCCOC(=O)c1cc(S(N)(=O)=O)c(C(=O)OCCC)s1. The molecule has 0 radical (unpaired) electrons. The van der Waals surface area contributed by atoms with Gasteiger partial charge in [-0.1, -0.05) is 13.8 Å². The molecule has 1 heterocycles. The van der Waals surface area contributed by atoms with Crippen molar-refractivity contribution < 1.29 is 27.5 Å². The number of primary sulfonamides is 1. The van der Waals surface area contributed by atoms with Gasteiger partial charge in [-0.2, -0.15) is 0 Å². The number of nitrogens with two attached hydrogens (primary N) is 1. The second-order valence-corrected chi connectivity index (χ2v) is 6.70. The summed E-state index contributed by atoms with van der Waals surface area (Å²) in [6.07, 6.45) is 1.22. The zero-order valence-corrected chi connectivity index (χ0v) is 13.4. The van der Waals surface area contributed by atoms with Crippen molar-refractivity contribution in [2.45, 2.75) is 31.6 Å². The Morgan fingerprint density at radius 1 is 1.14 bits per heavy atom. The maximum atomic E-state index is 11.8. The van der Waals surface area contributed by atoms with Gasteiger partial charge in [0.25, 0.3) is 0 Å². The first-order chi connectivity index (χ1) is 9.81. The van der Waals surface area contributed by atoms with Crippen LogP contribution in [-0.4, -0.2) is 33.6 Å². The molecule has 0 bridgehead atoms. The highest BCUT2D eigenvalue weighted by atomic mass is 32.2. The number of thiophene rings is 1. The maximum absolute atomic E-state index is 11.8. The van der Waals surface area contributed by atoms with Gasteiger partial charge >= 0.3 is 11.9 Å². The number of hydrogen-bond acceptors (Lipinski definition) is 7. The van der Waals surface area contributed by atoms with E-state index in [4.69, 9.17) is 14.6 Å². The molecule has 9 heteroatoms. The average molecular weight is 335 g/mol. The third-order valence-corrected chi connectivity index (χ3v) is 4.43. The lowest BCUT2D eigenvalue weighted by Crippen LogP contribution is -2.16. The van der Waals surface area contributed by atoms with Crippen LogP contribution >= 0.6 is 11.3 Å². The Morgan fingerprint density at radius 2 is 1.67 bits per heavy atom. The first kappa shape index (κ1) is 17.6. The van der Waals surface area contributed by atoms with Crippen LogP contribution in [0.4, 0.5) is 0 Å². The predicted octanol–water partition coefficient (Wildman–Crippen LogP) is 1.53. The monoisotopic (exact) mass is 335 g/mol. The number of ether oxygens (including phenoxy) is 2. The van der Waals surface area contributed by atoms with E-state index in [0.717, 1.165) is 6.07 Å². The van der Waals surface area contributed by atoms with E-state index in [1.165, 1.54) is 0 Å². The molecule has 1 rings (SSSR count). The lowest BCUT2D eigenvalue weighted by molar-refractivity contribution is 0.0500. The second kappa shape index (κ2) is 7.53. The first-order valence-corrected chi connectivity index (χ1v) is 8.68. The highest BCUT2D eigenvalue weighted by molar-refractivity contribution is 7.89. The summed E-state index contributed by atoms with van der Waals surface area (Å²) in [4.78, 5) is 22.9. The number of hydrogen-bond donors (Lipinski definition) is 1. The van der Waals surface area contributed by atoms with Crippen molar-refractivity contribution in [2.24, 2.45) is 5.14 Å². The van der Waals surface area contributed by atoms with Crippen LogP contribution in [0.2, 0.25) is 0 Å². The Hall–Kier alpha value is -1.45. The minimum atomic E-state index is -4.13. The van der Waals surface area contributed by atoms with E-state index in [2.05, 4.69) is 0 Å². The molecule has 118 valence electrons. The van der Waals surface area contributed by atoms with Crippen LogP contribution in [0.25, 0.3) is 0 Å². The summed E-state index contributed by atoms with van der Waals surface area (Å²) in [7, 11) is -4.13. The van der Waals surface area contributed by atoms with Gasteiger partial charge in [-0.05, 0) is 18.9 Å². The van der Waals surface area contributed by atoms with Crippen molar-refractivity contribution in [3.63, 3.8) is 0 Å². The van der Waals surface area contributed by atoms with Crippen molar-refractivity contribution in [1.29, 1.82) is 0 Å². The van der Waals surface area contributed by atoms with Crippen molar-refractivity contribution in [3.05, 3.63) is 15.8 Å². The third-order valence-electron chi connectivity index (χ3n) is 2.27. The normalized spacial score (nSPS) is 11.2. The molecule has 0 atom stereocenters. The highest BCUT2D eigenvalue weighted by Crippen LogP contribution is 2.27. The lowest BCUT2D eigenvalue weighted by atomic mass is 10.4. The van der Waals surface area contributed by atoms with Crippen LogP contribution in [0.3, 0.4) is 0 Å². The molecule has 7 nitrogen and oxygen atoms in total. The minimum absolute atomic E-state index is 0.00377. The maximum Gasteiger partial charge on any atom is 0.349 e. The standard InChI is InChI=1S/C12H17NO6S2/c1-3-5-18-11(14)8-7-9(21(13,16)17)10(20-8)12(15)19-6-4-2/h7H,3-6H2,1-2H3,(H2,13,16,17). The summed E-state index contributed by atoms with van der Waals surface area (Å²) in [5.41, 5.74) is 0. The van der Waals surface area contributed by atoms with E-state index in [1.807, 2.05) is 6.92 Å². The van der Waals surface area contributed by atoms with Crippen LogP contribution in [0.5, 0.6) is 0 Å². The number of carbonyl (C=O) groups is 2. The topological polar surface area (TPSA) is 113 Å². The van der Waals surface area contributed by atoms with Crippen molar-refractivity contribution in [1.82, 2.24) is 0 Å². The van der Waals surface area contributed by atoms with Gasteiger partial charge in [-0.15, -0.1) is 11.3 Å². The van der Waals surface area contributed by atoms with Crippen molar-refractivity contribution in [2.75, 3.05) is 13.2 Å². The summed E-state index contributed by atoms with van der Waals surface area (Å²) < 4.78 is 32.8. The fraction of sp³-hybridized carbons (Fsp3) is 0.500. The molecule has 21 heavy (non-hydrogen) atoms. The van der Waals surface area contributed by atoms with Crippen LogP contribution in [0, 0.1) is 0 Å². The molecule has 0 saturated carbocycles. The lowest BCUT2D eigenvalue weighted by Gasteiger charge is -2.02. The van der Waals surface area contributed by atoms with E-state index in [-0.39, 0.29) is 23.0 Å². The van der Waals surface area contributed by atoms with Crippen LogP contribution in [0.15, 0.2) is 11.0 Å². The molecule has 1 aromatic heterocycles. The molecule has 0 aliphatic heterocycles. The number of sulfonamides is 1. The molecule has 0 aliphatic carbocycles. The molecule has 0 aromatic carbocycles. The number of carbonyl (C=O) groups excluding carboxylic acids is 2. The fourth-order valence-corrected chi connectivity index (χ4v) is 3.37. The smallest absolute Gasteiger partial charge is 0.349 e. The summed E-state index contributed by atoms with van der Waals surface area (Å²) in [5, 5.41) is 5.06. The predicted molar refractivity (Wildman–Crippen MR) is 76.8 cm³/mol. The van der Waals surface area contributed by atoms with E-state index >= 15 is 0 Å². The highest BCUT2D eigenvalue weighted by Gasteiger charge is 2.27. The number of esters is 2. The molecular weight excluding hydrogens is 318 g/mol. The van der Waals surface area contributed by atoms with Crippen molar-refractivity contribution in [3.8, 4) is 0 Å². The Balaban J connectivity index is 3.14. The first-order valence-electron chi connectivity index (χ1n) is 6.32. The van der Waals surface area contributed by atoms with E-state index < -0.39 is 26.9 Å². The van der Waals surface area contributed by atoms with Gasteiger partial charge in [0.2, 0.25) is 10.0 Å². The molecule has 1 aromatic rings. The summed E-state index contributed by atoms with van der Waals surface area (Å²) in [5.74, 6) is -1.51. The van der Waals surface area contributed by atoms with Gasteiger partial charge < -0.3 is 9.47 Å². The van der Waals surface area contributed by atoms with E-state index in [0.29, 0.717) is 24.2 Å². The van der Waals surface area contributed by atoms with Crippen LogP contribution in [-0.2, 0) is 19.5 Å². The van der Waals surface area contributed by atoms with E-state index in [9.17, 15) is 18.0 Å². The molecule has 0 unspecified atom stereocenters. The largest absolute Gasteiger partial charge is 0.462 e. The second-order valence-electron chi connectivity index (χ2n) is 4.12. The van der Waals surface area contributed by atoms with Gasteiger partial charge in [0.15, 0.2) is 0 Å². The molecule has 0 saturated heterocycles. The van der Waals surface area contributed by atoms with Crippen LogP contribution < -0.4 is 5.14 Å². The Kier molecular flexibility index (Phi) is 6.31. The molecule has 0 amide bonds. The Labute approximate surface area is 127 Å². The quantitative estimate of drug-likeness (QED) is 0.756. The fourth-order valence-electron chi connectivity index (χ4n) is 1.35. The minimum Gasteiger partial charge on any atom is -0.462 e. The Morgan fingerprint density at radius 3 is 2.14 bits per heavy atom. The summed E-state index contributed by atoms with van der Waals surface area (Å²) >= 11 is 0.695. The van der Waals surface area contributed by atoms with Gasteiger partial charge in [-0.3, -0.25) is 0 Å². The zero-order chi connectivity index (χ0) is 16.0. The van der Waals surface area contributed by atoms with Crippen LogP contribution in [0.1, 0.15) is 46.0 Å². The Bertz CT molecular complexity index is 620. The molecule has 0 aliphatic rings. The molecule has 0 fully saturated rings. The number of rotatable bonds is 7. The average Bonchev–Trinajstić information content (AvgIpc) is 2.87. The molecular formula is C12H17NO6S2. The van der Waals surface area contributed by atoms with Gasteiger partial charge in [-0.25, -0.2) is 23.1 Å². The molecule has 0 spiro atoms. The van der Waals surface area contributed by atoms with Gasteiger partial charge in [0.05, 0.1) is 13.2 Å². The summed E-state index contributed by atoms with van der Waals surface area (Å²) in [6.45, 7) is 3.98. The van der Waals surface area contributed by atoms with Gasteiger partial charge in [0.1, 0.15) is 14.6 Å². The summed E-state index contributed by atoms with van der Waals surface area (Å²) in [6, 6.07) is 1.04. The zero-order valence-electron chi connectivity index (χ0n) is 11.7. The molecule has 2 N–H and O–H groups in total. The third kappa shape index (κ3) is 4.80. The van der Waals surface area contributed by atoms with Crippen molar-refractivity contribution >= 4 is 33.3 Å². The van der Waals surface area contributed by atoms with Gasteiger partial charge in [0, 0.05) is 0 Å².